The highest BCUT2D eigenvalue weighted by molar-refractivity contribution is 7.89. The SMILES string of the molecule is CC(=N)N1CCC(Oc2ccc(C[C@H](NS(=O)(=O)c3ccccc3)C(=O)Nc3cccc(C(=N)N)c3)cc2)CC1. The molecule has 3 aromatic rings. The largest absolute Gasteiger partial charge is 0.490 e. The maximum atomic E-state index is 13.3. The quantitative estimate of drug-likeness (QED) is 0.188. The average molecular weight is 563 g/mol. The number of amidine groups is 2. The fourth-order valence-electron chi connectivity index (χ4n) is 4.48. The second kappa shape index (κ2) is 12.8. The van der Waals surface area contributed by atoms with Crippen molar-refractivity contribution in [3.05, 3.63) is 90.0 Å². The third kappa shape index (κ3) is 7.67. The molecule has 0 unspecified atom stereocenters. The molecule has 1 aliphatic rings. The standard InChI is InChI=1S/C29H34N6O4S/c1-20(30)35-16-14-25(15-17-35)39-24-12-10-21(11-13-24)18-27(34-40(37,38)26-8-3-2-4-9-26)29(36)33-23-7-5-6-22(19-23)28(31)32/h2-13,19,25,27,30,34H,14-18H2,1H3,(H3,31,32)(H,33,36)/t27-/m0/s1. The lowest BCUT2D eigenvalue weighted by Crippen LogP contribution is -2.45. The van der Waals surface area contributed by atoms with E-state index in [1.165, 1.54) is 12.1 Å². The number of nitrogens with zero attached hydrogens (tertiary/aromatic N) is 1. The first-order valence-corrected chi connectivity index (χ1v) is 14.5. The summed E-state index contributed by atoms with van der Waals surface area (Å²) in [5.74, 6) is 0.570. The molecule has 1 fully saturated rings. The lowest BCUT2D eigenvalue weighted by molar-refractivity contribution is -0.117. The van der Waals surface area contributed by atoms with Crippen molar-refractivity contribution in [2.45, 2.75) is 43.2 Å². The molecule has 0 aliphatic carbocycles. The third-order valence-corrected chi connectivity index (χ3v) is 8.18. The topological polar surface area (TPSA) is 161 Å². The molecule has 3 aromatic carbocycles. The molecular formula is C29H34N6O4S. The predicted octanol–water partition coefficient (Wildman–Crippen LogP) is 3.34. The van der Waals surface area contributed by atoms with Gasteiger partial charge in [-0.05, 0) is 55.3 Å². The Morgan fingerprint density at radius 2 is 1.70 bits per heavy atom. The van der Waals surface area contributed by atoms with Crippen LogP contribution in [0, 0.1) is 10.8 Å². The molecule has 1 heterocycles. The number of benzene rings is 3. The molecule has 4 rings (SSSR count). The van der Waals surface area contributed by atoms with Crippen molar-refractivity contribution in [2.24, 2.45) is 5.73 Å². The zero-order valence-corrected chi connectivity index (χ0v) is 23.1. The van der Waals surface area contributed by atoms with Gasteiger partial charge >= 0.3 is 0 Å². The van der Waals surface area contributed by atoms with Gasteiger partial charge in [0.1, 0.15) is 23.7 Å². The third-order valence-electron chi connectivity index (χ3n) is 6.69. The predicted molar refractivity (Wildman–Crippen MR) is 155 cm³/mol. The van der Waals surface area contributed by atoms with Gasteiger partial charge in [0.25, 0.3) is 0 Å². The van der Waals surface area contributed by atoms with Crippen molar-refractivity contribution in [2.75, 3.05) is 18.4 Å². The summed E-state index contributed by atoms with van der Waals surface area (Å²) in [6.45, 7) is 3.36. The van der Waals surface area contributed by atoms with Gasteiger partial charge in [0.15, 0.2) is 0 Å². The fourth-order valence-corrected chi connectivity index (χ4v) is 5.69. The maximum absolute atomic E-state index is 13.3. The number of amides is 1. The van der Waals surface area contributed by atoms with E-state index < -0.39 is 22.0 Å². The van der Waals surface area contributed by atoms with Crippen molar-refractivity contribution in [1.29, 1.82) is 10.8 Å². The Hall–Kier alpha value is -4.22. The molecule has 0 spiro atoms. The smallest absolute Gasteiger partial charge is 0.242 e. The van der Waals surface area contributed by atoms with Crippen LogP contribution in [0.15, 0.2) is 83.8 Å². The Kier molecular flexibility index (Phi) is 9.18. The molecule has 1 atom stereocenters. The first-order chi connectivity index (χ1) is 19.1. The van der Waals surface area contributed by atoms with Gasteiger partial charge in [0, 0.05) is 37.2 Å². The van der Waals surface area contributed by atoms with Crippen molar-refractivity contribution >= 4 is 33.3 Å². The summed E-state index contributed by atoms with van der Waals surface area (Å²) in [7, 11) is -3.99. The number of carbonyl (C=O) groups excluding carboxylic acids is 1. The lowest BCUT2D eigenvalue weighted by atomic mass is 10.0. The van der Waals surface area contributed by atoms with E-state index in [9.17, 15) is 13.2 Å². The van der Waals surface area contributed by atoms with Crippen LogP contribution >= 0.6 is 0 Å². The minimum absolute atomic E-state index is 0.0550. The summed E-state index contributed by atoms with van der Waals surface area (Å²) in [6, 6.07) is 20.6. The van der Waals surface area contributed by atoms with Gasteiger partial charge in [-0.2, -0.15) is 4.72 Å². The van der Waals surface area contributed by atoms with Gasteiger partial charge in [-0.15, -0.1) is 0 Å². The van der Waals surface area contributed by atoms with Gasteiger partial charge in [0.2, 0.25) is 15.9 Å². The van der Waals surface area contributed by atoms with Crippen molar-refractivity contribution in [1.82, 2.24) is 9.62 Å². The Morgan fingerprint density at radius 1 is 1.02 bits per heavy atom. The van der Waals surface area contributed by atoms with Crippen molar-refractivity contribution < 1.29 is 17.9 Å². The number of sulfonamides is 1. The summed E-state index contributed by atoms with van der Waals surface area (Å²) in [6.07, 6.45) is 1.81. The number of carbonyl (C=O) groups is 1. The molecule has 0 radical (unpaired) electrons. The van der Waals surface area contributed by atoms with Crippen molar-refractivity contribution in [3.8, 4) is 5.75 Å². The van der Waals surface area contributed by atoms with Crippen LogP contribution in [-0.2, 0) is 21.2 Å². The van der Waals surface area contributed by atoms with Gasteiger partial charge in [-0.1, -0.05) is 42.5 Å². The zero-order chi connectivity index (χ0) is 28.7. The van der Waals surface area contributed by atoms with E-state index in [0.29, 0.717) is 22.8 Å². The molecular weight excluding hydrogens is 528 g/mol. The number of hydrogen-bond acceptors (Lipinski definition) is 6. The highest BCUT2D eigenvalue weighted by Crippen LogP contribution is 2.21. The molecule has 1 aliphatic heterocycles. The molecule has 10 nitrogen and oxygen atoms in total. The molecule has 0 bridgehead atoms. The van der Waals surface area contributed by atoms with E-state index in [1.54, 1.807) is 49.4 Å². The number of nitrogens with one attached hydrogen (secondary N) is 4. The molecule has 210 valence electrons. The van der Waals surface area contributed by atoms with Gasteiger partial charge < -0.3 is 20.7 Å². The summed E-state index contributed by atoms with van der Waals surface area (Å²) >= 11 is 0. The van der Waals surface area contributed by atoms with E-state index in [1.807, 2.05) is 29.2 Å². The van der Waals surface area contributed by atoms with Crippen LogP contribution < -0.4 is 20.5 Å². The number of rotatable bonds is 10. The second-order valence-electron chi connectivity index (χ2n) is 9.71. The fraction of sp³-hybridized carbons (Fsp3) is 0.276. The normalized spacial score (nSPS) is 14.8. The summed E-state index contributed by atoms with van der Waals surface area (Å²) < 4.78 is 34.9. The van der Waals surface area contributed by atoms with E-state index in [2.05, 4.69) is 10.0 Å². The van der Waals surface area contributed by atoms with Gasteiger partial charge in [-0.3, -0.25) is 15.6 Å². The minimum atomic E-state index is -3.99. The highest BCUT2D eigenvalue weighted by atomic mass is 32.2. The highest BCUT2D eigenvalue weighted by Gasteiger charge is 2.27. The summed E-state index contributed by atoms with van der Waals surface area (Å²) in [4.78, 5) is 15.4. The Balaban J connectivity index is 1.48. The molecule has 0 aromatic heterocycles. The van der Waals surface area contributed by atoms with E-state index in [0.717, 1.165) is 31.5 Å². The average Bonchev–Trinajstić information content (AvgIpc) is 2.94. The van der Waals surface area contributed by atoms with Crippen LogP contribution in [0.4, 0.5) is 5.69 Å². The van der Waals surface area contributed by atoms with E-state index >= 15 is 0 Å². The Labute approximate surface area is 234 Å². The number of nitrogen functional groups attached to an aromatic ring is 1. The maximum Gasteiger partial charge on any atom is 0.242 e. The van der Waals surface area contributed by atoms with Crippen LogP contribution in [0.3, 0.4) is 0 Å². The second-order valence-corrected chi connectivity index (χ2v) is 11.4. The first kappa shape index (κ1) is 28.8. The number of ether oxygens (including phenoxy) is 1. The molecule has 6 N–H and O–H groups in total. The van der Waals surface area contributed by atoms with Crippen LogP contribution in [0.5, 0.6) is 5.75 Å². The molecule has 0 saturated carbocycles. The summed E-state index contributed by atoms with van der Waals surface area (Å²) in [5.41, 5.74) is 7.15. The van der Waals surface area contributed by atoms with Crippen LogP contribution in [0.2, 0.25) is 0 Å². The number of likely N-dealkylation sites (tertiary alicyclic amines) is 1. The summed E-state index contributed by atoms with van der Waals surface area (Å²) in [5, 5.41) is 18.2. The molecule has 40 heavy (non-hydrogen) atoms. The van der Waals surface area contributed by atoms with E-state index in [4.69, 9.17) is 21.3 Å². The van der Waals surface area contributed by atoms with Gasteiger partial charge in [-0.25, -0.2) is 8.42 Å². The number of anilines is 1. The molecule has 1 saturated heterocycles. The molecule has 1 amide bonds. The Morgan fingerprint density at radius 3 is 2.33 bits per heavy atom. The number of nitrogens with two attached hydrogens (primary N) is 1. The van der Waals surface area contributed by atoms with Crippen LogP contribution in [-0.4, -0.2) is 56.1 Å². The Bertz CT molecular complexity index is 1450. The minimum Gasteiger partial charge on any atom is -0.490 e. The first-order valence-electron chi connectivity index (χ1n) is 13.0. The number of hydrogen-bond donors (Lipinski definition) is 5. The molecule has 11 heteroatoms. The zero-order valence-electron chi connectivity index (χ0n) is 22.3. The van der Waals surface area contributed by atoms with Gasteiger partial charge in [0.05, 0.1) is 10.7 Å². The number of piperidine rings is 1. The van der Waals surface area contributed by atoms with E-state index in [-0.39, 0.29) is 23.3 Å². The van der Waals surface area contributed by atoms with Crippen molar-refractivity contribution in [3.63, 3.8) is 0 Å². The van der Waals surface area contributed by atoms with Crippen LogP contribution in [0.25, 0.3) is 0 Å². The lowest BCUT2D eigenvalue weighted by Gasteiger charge is -2.32. The van der Waals surface area contributed by atoms with Crippen LogP contribution in [0.1, 0.15) is 30.9 Å². The monoisotopic (exact) mass is 562 g/mol.